The molecule has 4 heterocycles. The van der Waals surface area contributed by atoms with Crippen LogP contribution in [0.4, 0.5) is 0 Å². The molecular formula is C48H48N4O4. The number of rotatable bonds is 10. The minimum atomic E-state index is -0.888. The van der Waals surface area contributed by atoms with Crippen LogP contribution in [0.25, 0.3) is 22.3 Å². The van der Waals surface area contributed by atoms with Crippen molar-refractivity contribution in [1.29, 1.82) is 0 Å². The number of carboxylic acid groups (broad SMARTS) is 2. The first-order valence-electron chi connectivity index (χ1n) is 19.2. The predicted molar refractivity (Wildman–Crippen MR) is 221 cm³/mol. The van der Waals surface area contributed by atoms with Crippen LogP contribution in [0, 0.1) is 13.8 Å². The summed E-state index contributed by atoms with van der Waals surface area (Å²) in [5, 5.41) is 18.8. The van der Waals surface area contributed by atoms with E-state index in [1.807, 2.05) is 0 Å². The van der Waals surface area contributed by atoms with Crippen molar-refractivity contribution in [1.82, 2.24) is 19.8 Å². The summed E-state index contributed by atoms with van der Waals surface area (Å²) in [4.78, 5) is 35.8. The summed E-state index contributed by atoms with van der Waals surface area (Å²) >= 11 is 0. The summed E-state index contributed by atoms with van der Waals surface area (Å²) in [6.07, 6.45) is 9.58. The molecule has 4 aromatic carbocycles. The molecule has 8 heteroatoms. The van der Waals surface area contributed by atoms with E-state index < -0.39 is 11.9 Å². The van der Waals surface area contributed by atoms with E-state index in [4.69, 9.17) is 0 Å². The third-order valence-electron chi connectivity index (χ3n) is 11.5. The van der Waals surface area contributed by atoms with Crippen molar-refractivity contribution < 1.29 is 19.8 Å². The summed E-state index contributed by atoms with van der Waals surface area (Å²) in [7, 11) is 4.28. The van der Waals surface area contributed by atoms with Gasteiger partial charge in [0.2, 0.25) is 0 Å². The maximum absolute atomic E-state index is 11.4. The third kappa shape index (κ3) is 8.17. The molecule has 0 fully saturated rings. The van der Waals surface area contributed by atoms with Gasteiger partial charge in [-0.2, -0.15) is 0 Å². The number of aromatic nitrogens is 2. The molecule has 0 amide bonds. The smallest absolute Gasteiger partial charge is 0.336 e. The normalized spacial score (nSPS) is 16.1. The summed E-state index contributed by atoms with van der Waals surface area (Å²) in [6.45, 7) is 6.12. The van der Waals surface area contributed by atoms with E-state index in [2.05, 4.69) is 133 Å². The minimum Gasteiger partial charge on any atom is -0.478 e. The van der Waals surface area contributed by atoms with Crippen LogP contribution in [0.1, 0.15) is 90.1 Å². The Balaban J connectivity index is 0.000000172. The summed E-state index contributed by atoms with van der Waals surface area (Å²) in [5.74, 6) is -1.78. The van der Waals surface area contributed by atoms with Crippen LogP contribution in [0.5, 0.6) is 0 Å². The molecule has 2 aromatic heterocycles. The van der Waals surface area contributed by atoms with Crippen LogP contribution in [-0.2, 0) is 25.9 Å². The van der Waals surface area contributed by atoms with Crippen LogP contribution in [0.15, 0.2) is 122 Å². The number of hydrogen-bond acceptors (Lipinski definition) is 6. The molecule has 8 nitrogen and oxygen atoms in total. The second-order valence-corrected chi connectivity index (χ2v) is 15.1. The van der Waals surface area contributed by atoms with Crippen LogP contribution >= 0.6 is 0 Å². The SMILES string of the molecule is Cc1ccccc1-c1ccc2c(c1)CN(C)[C@@H]2CCc1cnccc1C(=O)O.Cc1ccccc1-c1ccc2c(c1)CN(C)[C@H]2CCc1cnccc1C(=O)O. The zero-order valence-electron chi connectivity index (χ0n) is 32.4. The highest BCUT2D eigenvalue weighted by Gasteiger charge is 2.29. The topological polar surface area (TPSA) is 107 Å². The highest BCUT2D eigenvalue weighted by atomic mass is 16.4. The van der Waals surface area contributed by atoms with Crippen molar-refractivity contribution >= 4 is 11.9 Å². The molecule has 2 aliphatic heterocycles. The first-order chi connectivity index (χ1) is 27.1. The molecular weight excluding hydrogens is 697 g/mol. The monoisotopic (exact) mass is 744 g/mol. The molecule has 2 atom stereocenters. The van der Waals surface area contributed by atoms with Gasteiger partial charge in [0.05, 0.1) is 11.1 Å². The van der Waals surface area contributed by atoms with Crippen molar-refractivity contribution in [3.8, 4) is 22.3 Å². The number of pyridine rings is 2. The van der Waals surface area contributed by atoms with Crippen molar-refractivity contribution in [3.63, 3.8) is 0 Å². The Kier molecular flexibility index (Phi) is 11.5. The van der Waals surface area contributed by atoms with E-state index >= 15 is 0 Å². The minimum absolute atomic E-state index is 0.294. The highest BCUT2D eigenvalue weighted by molar-refractivity contribution is 5.89. The molecule has 284 valence electrons. The van der Waals surface area contributed by atoms with Gasteiger partial charge in [-0.3, -0.25) is 19.8 Å². The lowest BCUT2D eigenvalue weighted by molar-refractivity contribution is 0.0684. The third-order valence-corrected chi connectivity index (χ3v) is 11.5. The molecule has 56 heavy (non-hydrogen) atoms. The number of carboxylic acids is 2. The van der Waals surface area contributed by atoms with E-state index in [0.29, 0.717) is 36.1 Å². The van der Waals surface area contributed by atoms with E-state index in [1.165, 1.54) is 68.0 Å². The number of aryl methyl sites for hydroxylation is 4. The molecule has 6 aromatic rings. The quantitative estimate of drug-likeness (QED) is 0.143. The molecule has 2 aliphatic rings. The molecule has 0 saturated carbocycles. The van der Waals surface area contributed by atoms with Gasteiger partial charge in [0, 0.05) is 50.0 Å². The Morgan fingerprint density at radius 1 is 0.607 bits per heavy atom. The Bertz CT molecular complexity index is 2220. The highest BCUT2D eigenvalue weighted by Crippen LogP contribution is 2.40. The number of benzene rings is 4. The first-order valence-corrected chi connectivity index (χ1v) is 19.2. The van der Waals surface area contributed by atoms with Gasteiger partial charge >= 0.3 is 11.9 Å². The average Bonchev–Trinajstić information content (AvgIpc) is 3.69. The molecule has 0 unspecified atom stereocenters. The predicted octanol–water partition coefficient (Wildman–Crippen LogP) is 9.75. The van der Waals surface area contributed by atoms with Crippen LogP contribution in [0.2, 0.25) is 0 Å². The molecule has 0 bridgehead atoms. The fourth-order valence-electron chi connectivity index (χ4n) is 8.50. The molecule has 0 radical (unpaired) electrons. The lowest BCUT2D eigenvalue weighted by Crippen LogP contribution is -2.17. The van der Waals surface area contributed by atoms with Crippen LogP contribution in [0.3, 0.4) is 0 Å². The number of fused-ring (bicyclic) bond motifs is 2. The number of carbonyl (C=O) groups is 2. The lowest BCUT2D eigenvalue weighted by Gasteiger charge is -2.20. The van der Waals surface area contributed by atoms with Crippen molar-refractivity contribution in [3.05, 3.63) is 177 Å². The van der Waals surface area contributed by atoms with Gasteiger partial charge < -0.3 is 10.2 Å². The molecule has 0 aliphatic carbocycles. The maximum Gasteiger partial charge on any atom is 0.336 e. The summed E-state index contributed by atoms with van der Waals surface area (Å²) < 4.78 is 0. The van der Waals surface area contributed by atoms with Gasteiger partial charge in [0.1, 0.15) is 0 Å². The van der Waals surface area contributed by atoms with Gasteiger partial charge in [-0.05, 0) is 145 Å². The summed E-state index contributed by atoms with van der Waals surface area (Å²) in [6, 6.07) is 34.2. The van der Waals surface area contributed by atoms with Gasteiger partial charge in [-0.15, -0.1) is 0 Å². The zero-order chi connectivity index (χ0) is 39.3. The van der Waals surface area contributed by atoms with Crippen LogP contribution < -0.4 is 0 Å². The van der Waals surface area contributed by atoms with Crippen LogP contribution in [-0.4, -0.2) is 56.0 Å². The van der Waals surface area contributed by atoms with E-state index in [-0.39, 0.29) is 0 Å². The number of nitrogens with zero attached hydrogens (tertiary/aromatic N) is 4. The molecule has 8 rings (SSSR count). The molecule has 2 N–H and O–H groups in total. The lowest BCUT2D eigenvalue weighted by atomic mass is 9.93. The fraction of sp³-hybridized carbons (Fsp3) is 0.250. The number of hydrogen-bond donors (Lipinski definition) is 2. The van der Waals surface area contributed by atoms with E-state index in [1.54, 1.807) is 24.5 Å². The largest absolute Gasteiger partial charge is 0.478 e. The maximum atomic E-state index is 11.4. The standard InChI is InChI=1S/2C24H24N2O2/c2*1-16-5-3-4-6-20(16)17-7-9-21-19(13-17)15-26(2)23(21)10-8-18-14-25-12-11-22(18)24(27)28/h2*3-7,9,11-14,23H,8,10,15H2,1-2H3,(H,27,28)/t2*23-/m10/s1. The van der Waals surface area contributed by atoms with Crippen molar-refractivity contribution in [2.45, 2.75) is 64.7 Å². The summed E-state index contributed by atoms with van der Waals surface area (Å²) in [5.41, 5.74) is 15.3. The second-order valence-electron chi connectivity index (χ2n) is 15.1. The number of aromatic carboxylic acids is 2. The fourth-order valence-corrected chi connectivity index (χ4v) is 8.50. The van der Waals surface area contributed by atoms with E-state index in [0.717, 1.165) is 37.1 Å². The first kappa shape index (κ1) is 38.3. The Labute approximate surface area is 329 Å². The van der Waals surface area contributed by atoms with Crippen molar-refractivity contribution in [2.24, 2.45) is 0 Å². The Hall–Kier alpha value is -5.96. The average molecular weight is 745 g/mol. The Morgan fingerprint density at radius 2 is 1.02 bits per heavy atom. The second kappa shape index (κ2) is 16.8. The van der Waals surface area contributed by atoms with Gasteiger partial charge in [0.25, 0.3) is 0 Å². The van der Waals surface area contributed by atoms with Gasteiger partial charge in [-0.1, -0.05) is 72.8 Å². The Morgan fingerprint density at radius 3 is 1.41 bits per heavy atom. The molecule has 0 saturated heterocycles. The van der Waals surface area contributed by atoms with Gasteiger partial charge in [0.15, 0.2) is 0 Å². The zero-order valence-corrected chi connectivity index (χ0v) is 32.4. The van der Waals surface area contributed by atoms with Crippen molar-refractivity contribution in [2.75, 3.05) is 14.1 Å². The van der Waals surface area contributed by atoms with Gasteiger partial charge in [-0.25, -0.2) is 9.59 Å². The van der Waals surface area contributed by atoms with E-state index in [9.17, 15) is 19.8 Å². The molecule has 0 spiro atoms.